The number of carbonyl (C=O) groups is 2. The molecule has 2 N–H and O–H groups in total. The Morgan fingerprint density at radius 1 is 1.00 bits per heavy atom. The highest BCUT2D eigenvalue weighted by atomic mass is 32.1. The maximum atomic E-state index is 13.9. The molecule has 140 valence electrons. The Balaban J connectivity index is 1.94. The van der Waals surface area contributed by atoms with Crippen molar-refractivity contribution in [2.24, 2.45) is 0 Å². The van der Waals surface area contributed by atoms with Crippen molar-refractivity contribution in [2.45, 2.75) is 4.90 Å². The summed E-state index contributed by atoms with van der Waals surface area (Å²) in [6.45, 7) is 0. The first-order chi connectivity index (χ1) is 12.7. The molecule has 0 atom stereocenters. The van der Waals surface area contributed by atoms with Gasteiger partial charge in [0.2, 0.25) is 0 Å². The molecule has 3 rings (SSSR count). The topological polar surface area (TPSA) is 71.1 Å². The average molecular weight is 433 g/mol. The highest BCUT2D eigenvalue weighted by Gasteiger charge is 2.28. The molecule has 0 bridgehead atoms. The first-order valence-electron chi connectivity index (χ1n) is 6.95. The zero-order valence-corrected chi connectivity index (χ0v) is 15.4. The Bertz CT molecular complexity index is 1070. The van der Waals surface area contributed by atoms with Gasteiger partial charge in [-0.3, -0.25) is 14.9 Å². The Morgan fingerprint density at radius 3 is 2.22 bits per heavy atom. The quantitative estimate of drug-likeness (QED) is 0.271. The molecule has 0 spiro atoms. The molecule has 0 fully saturated rings. The molecule has 0 saturated heterocycles. The van der Waals surface area contributed by atoms with Crippen LogP contribution in [0.25, 0.3) is 10.2 Å². The molecule has 0 saturated carbocycles. The summed E-state index contributed by atoms with van der Waals surface area (Å²) in [6, 6.07) is 4.58. The predicted octanol–water partition coefficient (Wildman–Crippen LogP) is 4.86. The van der Waals surface area contributed by atoms with Crippen LogP contribution in [0.1, 0.15) is 10.4 Å². The van der Waals surface area contributed by atoms with E-state index in [-0.39, 0.29) is 5.13 Å². The maximum absolute atomic E-state index is 13.9. The van der Waals surface area contributed by atoms with E-state index in [1.807, 2.05) is 0 Å². The van der Waals surface area contributed by atoms with Gasteiger partial charge in [0, 0.05) is 5.69 Å². The molecule has 2 amide bonds. The Hall–Kier alpha value is -2.31. The number of anilines is 2. The molecule has 5 nitrogen and oxygen atoms in total. The molecule has 0 radical (unpaired) electrons. The minimum absolute atomic E-state index is 0.0704. The molecule has 1 aromatic heterocycles. The molecule has 0 aliphatic rings. The number of rotatable bonds is 3. The van der Waals surface area contributed by atoms with E-state index >= 15 is 0 Å². The van der Waals surface area contributed by atoms with Gasteiger partial charge in [0.1, 0.15) is 5.56 Å². The van der Waals surface area contributed by atoms with Crippen molar-refractivity contribution < 1.29 is 27.2 Å². The second-order valence-corrected chi connectivity index (χ2v) is 6.95. The number of fused-ring (bicyclic) bond motifs is 1. The zero-order chi connectivity index (χ0) is 19.9. The van der Waals surface area contributed by atoms with Gasteiger partial charge in [-0.25, -0.2) is 22.5 Å². The van der Waals surface area contributed by atoms with Crippen molar-refractivity contribution in [1.29, 1.82) is 0 Å². The van der Waals surface area contributed by atoms with E-state index < -0.39 is 44.9 Å². The normalized spacial score (nSPS) is 10.9. The zero-order valence-electron chi connectivity index (χ0n) is 12.8. The lowest BCUT2D eigenvalue weighted by Crippen LogP contribution is -2.18. The Kier molecular flexibility index (Phi) is 5.31. The summed E-state index contributed by atoms with van der Waals surface area (Å²) < 4.78 is 55.4. The molecule has 1 heterocycles. The maximum Gasteiger partial charge on any atom is 0.280 e. The fourth-order valence-corrected chi connectivity index (χ4v) is 3.38. The lowest BCUT2D eigenvalue weighted by Gasteiger charge is -2.08. The number of aromatic nitrogens is 1. The number of carbonyl (C=O) groups excluding carboxylic acids is 2. The van der Waals surface area contributed by atoms with Crippen molar-refractivity contribution >= 4 is 68.8 Å². The third kappa shape index (κ3) is 3.73. The molecule has 27 heavy (non-hydrogen) atoms. The van der Waals surface area contributed by atoms with Crippen LogP contribution in [-0.4, -0.2) is 16.1 Å². The first-order valence-corrected chi connectivity index (χ1v) is 8.67. The lowest BCUT2D eigenvalue weighted by molar-refractivity contribution is 0.101. The van der Waals surface area contributed by atoms with E-state index in [1.165, 1.54) is 18.2 Å². The van der Waals surface area contributed by atoms with Crippen LogP contribution < -0.4 is 10.6 Å². The first kappa shape index (κ1) is 19.5. The van der Waals surface area contributed by atoms with Crippen LogP contribution in [-0.2, 0) is 0 Å². The van der Waals surface area contributed by atoms with Gasteiger partial charge in [0.05, 0.1) is 15.1 Å². The summed E-state index contributed by atoms with van der Waals surface area (Å²) in [5, 5.41) is 3.87. The summed E-state index contributed by atoms with van der Waals surface area (Å²) in [4.78, 5) is 25.9. The fraction of sp³-hybridized carbons (Fsp3) is 0. The van der Waals surface area contributed by atoms with Crippen LogP contribution in [0.2, 0.25) is 0 Å². The molecular formula is C15H7F4N3O2S3. The van der Waals surface area contributed by atoms with E-state index in [0.717, 1.165) is 11.3 Å². The van der Waals surface area contributed by atoms with Gasteiger partial charge < -0.3 is 5.32 Å². The van der Waals surface area contributed by atoms with Crippen LogP contribution in [0.5, 0.6) is 0 Å². The van der Waals surface area contributed by atoms with Gasteiger partial charge in [-0.15, -0.1) is 12.6 Å². The van der Waals surface area contributed by atoms with E-state index in [9.17, 15) is 27.2 Å². The number of thiol groups is 2. The molecule has 0 unspecified atom stereocenters. The average Bonchev–Trinajstić information content (AvgIpc) is 2.99. The summed E-state index contributed by atoms with van der Waals surface area (Å²) in [5.41, 5.74) is -0.601. The van der Waals surface area contributed by atoms with Crippen LogP contribution in [0.15, 0.2) is 23.1 Å². The second kappa shape index (κ2) is 7.37. The van der Waals surface area contributed by atoms with Gasteiger partial charge in [-0.1, -0.05) is 24.0 Å². The number of nitrogens with one attached hydrogen (secondary N) is 2. The number of amides is 2. The number of nitrogens with zero attached hydrogens (tertiary/aromatic N) is 1. The van der Waals surface area contributed by atoms with Gasteiger partial charge in [-0.2, -0.15) is 0 Å². The van der Waals surface area contributed by atoms with Crippen LogP contribution in [0.4, 0.5) is 33.2 Å². The lowest BCUT2D eigenvalue weighted by atomic mass is 10.1. The number of benzene rings is 2. The van der Waals surface area contributed by atoms with Gasteiger partial charge in [0.15, 0.2) is 28.4 Å². The van der Waals surface area contributed by atoms with Crippen LogP contribution in [0.3, 0.4) is 0 Å². The van der Waals surface area contributed by atoms with E-state index in [0.29, 0.717) is 15.9 Å². The number of halogens is 4. The predicted molar refractivity (Wildman–Crippen MR) is 99.1 cm³/mol. The Morgan fingerprint density at radius 2 is 1.63 bits per heavy atom. The fourth-order valence-electron chi connectivity index (χ4n) is 2.16. The standard InChI is InChI=1S/C15H7F4N3O2S3/c16-8-7(9(17)11(19)12(25)10(8)18)13(23)22-14-21-5-2-1-4(20-15(24)26)3-6(5)27-14/h1-3,25H,(H2,20,24,26)(H,21,22,23). The smallest absolute Gasteiger partial charge is 0.280 e. The number of thiazole rings is 1. The summed E-state index contributed by atoms with van der Waals surface area (Å²) in [5.74, 6) is -8.70. The summed E-state index contributed by atoms with van der Waals surface area (Å²) in [7, 11) is 0. The highest BCUT2D eigenvalue weighted by molar-refractivity contribution is 7.96. The van der Waals surface area contributed by atoms with Gasteiger partial charge in [-0.05, 0) is 18.2 Å². The SMILES string of the molecule is O=C(S)Nc1ccc2nc(NC(=O)c3c(F)c(F)c(S)c(F)c3F)sc2c1. The van der Waals surface area contributed by atoms with Crippen molar-refractivity contribution in [3.8, 4) is 0 Å². The van der Waals surface area contributed by atoms with E-state index in [4.69, 9.17) is 0 Å². The minimum Gasteiger partial charge on any atom is -0.317 e. The molecule has 3 aromatic rings. The van der Waals surface area contributed by atoms with Crippen molar-refractivity contribution in [3.05, 3.63) is 47.0 Å². The van der Waals surface area contributed by atoms with Crippen molar-refractivity contribution in [3.63, 3.8) is 0 Å². The van der Waals surface area contributed by atoms with Crippen LogP contribution >= 0.6 is 36.6 Å². The van der Waals surface area contributed by atoms with Crippen molar-refractivity contribution in [2.75, 3.05) is 10.6 Å². The molecule has 0 aliphatic heterocycles. The van der Waals surface area contributed by atoms with Crippen molar-refractivity contribution in [1.82, 2.24) is 4.98 Å². The van der Waals surface area contributed by atoms with Crippen LogP contribution in [0, 0.1) is 23.3 Å². The summed E-state index contributed by atoms with van der Waals surface area (Å²) >= 11 is 7.82. The highest BCUT2D eigenvalue weighted by Crippen LogP contribution is 2.31. The number of hydrogen-bond donors (Lipinski definition) is 4. The number of hydrogen-bond acceptors (Lipinski definition) is 5. The molecule has 0 aliphatic carbocycles. The van der Waals surface area contributed by atoms with E-state index in [2.05, 4.69) is 40.9 Å². The van der Waals surface area contributed by atoms with Gasteiger partial charge >= 0.3 is 0 Å². The third-order valence-corrected chi connectivity index (χ3v) is 4.77. The van der Waals surface area contributed by atoms with E-state index in [1.54, 1.807) is 0 Å². The Labute approximate surface area is 163 Å². The monoisotopic (exact) mass is 433 g/mol. The molecule has 2 aromatic carbocycles. The molecule has 12 heteroatoms. The largest absolute Gasteiger partial charge is 0.317 e. The minimum atomic E-state index is -1.86. The summed E-state index contributed by atoms with van der Waals surface area (Å²) in [6.07, 6.45) is 0. The molecular weight excluding hydrogens is 426 g/mol. The third-order valence-electron chi connectivity index (χ3n) is 3.33. The van der Waals surface area contributed by atoms with Gasteiger partial charge in [0.25, 0.3) is 11.1 Å². The second-order valence-electron chi connectivity index (χ2n) is 5.07.